The number of carbonyl (C=O) groups is 1. The number of rotatable bonds is 6. The highest BCUT2D eigenvalue weighted by atomic mass is 16.6. The van der Waals surface area contributed by atoms with Crippen LogP contribution in [-0.2, 0) is 10.3 Å². The normalized spacial score (nSPS) is 20.9. The Morgan fingerprint density at radius 2 is 1.97 bits per heavy atom. The van der Waals surface area contributed by atoms with E-state index in [4.69, 9.17) is 14.5 Å². The molecule has 3 aromatic heterocycles. The second-order valence-corrected chi connectivity index (χ2v) is 10.0. The number of aliphatic hydroxyl groups is 1. The molecule has 0 amide bonds. The molecule has 8 nitrogen and oxygen atoms in total. The first-order chi connectivity index (χ1) is 16.1. The van der Waals surface area contributed by atoms with E-state index in [1.54, 1.807) is 31.5 Å². The van der Waals surface area contributed by atoms with E-state index in [0.29, 0.717) is 35.2 Å². The van der Waals surface area contributed by atoms with E-state index >= 15 is 0 Å². The maximum Gasteiger partial charge on any atom is 0.340 e. The van der Waals surface area contributed by atoms with E-state index in [1.807, 2.05) is 33.8 Å². The van der Waals surface area contributed by atoms with E-state index in [0.717, 1.165) is 29.2 Å². The number of pyridine rings is 3. The Hall–Kier alpha value is -3.26. The van der Waals surface area contributed by atoms with E-state index < -0.39 is 11.2 Å². The third kappa shape index (κ3) is 3.96. The van der Waals surface area contributed by atoms with Crippen LogP contribution in [-0.4, -0.2) is 37.7 Å². The van der Waals surface area contributed by atoms with Crippen molar-refractivity contribution in [1.29, 1.82) is 0 Å². The van der Waals surface area contributed by atoms with Gasteiger partial charge in [-0.05, 0) is 63.6 Å². The number of aromatic nitrogens is 3. The Balaban J connectivity index is 1.54. The summed E-state index contributed by atoms with van der Waals surface area (Å²) < 4.78 is 11.6. The zero-order valence-corrected chi connectivity index (χ0v) is 20.2. The smallest absolute Gasteiger partial charge is 0.340 e. The number of nitrogens with one attached hydrogen (secondary N) is 1. The molecule has 1 unspecified atom stereocenters. The molecule has 2 aliphatic rings. The van der Waals surface area contributed by atoms with Gasteiger partial charge < -0.3 is 19.9 Å². The lowest BCUT2D eigenvalue weighted by atomic mass is 9.84. The Morgan fingerprint density at radius 3 is 2.68 bits per heavy atom. The Morgan fingerprint density at radius 1 is 1.21 bits per heavy atom. The van der Waals surface area contributed by atoms with Gasteiger partial charge in [0, 0.05) is 23.9 Å². The van der Waals surface area contributed by atoms with Gasteiger partial charge in [0.05, 0.1) is 22.2 Å². The third-order valence-corrected chi connectivity index (χ3v) is 7.02. The fourth-order valence-electron chi connectivity index (χ4n) is 4.13. The van der Waals surface area contributed by atoms with Crippen molar-refractivity contribution >= 4 is 28.4 Å². The molecule has 178 valence electrons. The van der Waals surface area contributed by atoms with Crippen LogP contribution in [0, 0.1) is 0 Å². The highest BCUT2D eigenvalue weighted by Gasteiger charge is 2.40. The molecule has 3 aromatic rings. The summed E-state index contributed by atoms with van der Waals surface area (Å²) in [6.07, 6.45) is 6.20. The number of hydrogen-bond acceptors (Lipinski definition) is 8. The van der Waals surface area contributed by atoms with Crippen molar-refractivity contribution in [3.8, 4) is 5.88 Å². The predicted molar refractivity (Wildman–Crippen MR) is 128 cm³/mol. The fourth-order valence-corrected chi connectivity index (χ4v) is 4.13. The van der Waals surface area contributed by atoms with Gasteiger partial charge >= 0.3 is 5.97 Å². The molecule has 1 aliphatic carbocycles. The average Bonchev–Trinajstić information content (AvgIpc) is 3.61. The molecule has 0 radical (unpaired) electrons. The molecule has 0 saturated heterocycles. The number of cyclic esters (lactones) is 1. The summed E-state index contributed by atoms with van der Waals surface area (Å²) in [5.41, 5.74) is 0.217. The Labute approximate surface area is 198 Å². The molecular formula is C26H30N4O4. The van der Waals surface area contributed by atoms with E-state index in [9.17, 15) is 9.90 Å². The summed E-state index contributed by atoms with van der Waals surface area (Å²) in [6.45, 7) is 9.50. The number of esters is 1. The van der Waals surface area contributed by atoms with Gasteiger partial charge in [0.25, 0.3) is 0 Å². The molecule has 2 N–H and O–H groups in total. The van der Waals surface area contributed by atoms with Crippen LogP contribution in [0.15, 0.2) is 30.6 Å². The summed E-state index contributed by atoms with van der Waals surface area (Å²) in [4.78, 5) is 26.2. The molecule has 1 aliphatic heterocycles. The summed E-state index contributed by atoms with van der Waals surface area (Å²) in [6, 6.07) is 5.37. The Bertz CT molecular complexity index is 1280. The number of anilines is 2. The molecule has 8 heteroatoms. The molecular weight excluding hydrogens is 432 g/mol. The topological polar surface area (TPSA) is 106 Å². The van der Waals surface area contributed by atoms with Gasteiger partial charge in [-0.1, -0.05) is 13.8 Å². The number of ether oxygens (including phenoxy) is 2. The number of hydrogen-bond donors (Lipinski definition) is 2. The van der Waals surface area contributed by atoms with Gasteiger partial charge in [-0.3, -0.25) is 0 Å². The van der Waals surface area contributed by atoms with Crippen LogP contribution in [0.25, 0.3) is 10.8 Å². The van der Waals surface area contributed by atoms with Crippen LogP contribution in [0.5, 0.6) is 5.88 Å². The lowest BCUT2D eigenvalue weighted by molar-refractivity contribution is -0.0189. The monoisotopic (exact) mass is 462 g/mol. The quantitative estimate of drug-likeness (QED) is 0.494. The minimum Gasteiger partial charge on any atom is -0.474 e. The molecule has 1 fully saturated rings. The molecule has 0 aromatic carbocycles. The van der Waals surface area contributed by atoms with Gasteiger partial charge in [0.15, 0.2) is 0 Å². The maximum atomic E-state index is 12.4. The lowest BCUT2D eigenvalue weighted by Crippen LogP contribution is -2.39. The van der Waals surface area contributed by atoms with E-state index in [1.165, 1.54) is 0 Å². The minimum absolute atomic E-state index is 0.0639. The van der Waals surface area contributed by atoms with Crippen molar-refractivity contribution in [3.63, 3.8) is 0 Å². The first-order valence-corrected chi connectivity index (χ1v) is 11.8. The summed E-state index contributed by atoms with van der Waals surface area (Å²) in [5, 5.41) is 15.9. The number of carbonyl (C=O) groups excluding carboxylic acids is 1. The highest BCUT2D eigenvalue weighted by molar-refractivity contribution is 5.93. The van der Waals surface area contributed by atoms with Gasteiger partial charge in [0.2, 0.25) is 5.88 Å². The average molecular weight is 463 g/mol. The first-order valence-electron chi connectivity index (χ1n) is 11.8. The molecule has 1 saturated carbocycles. The van der Waals surface area contributed by atoms with Crippen LogP contribution in [0.3, 0.4) is 0 Å². The second-order valence-electron chi connectivity index (χ2n) is 10.0. The Kier molecular flexibility index (Phi) is 5.24. The van der Waals surface area contributed by atoms with Gasteiger partial charge in [-0.25, -0.2) is 19.7 Å². The minimum atomic E-state index is -1.05. The number of fused-ring (bicyclic) bond motifs is 2. The molecule has 34 heavy (non-hydrogen) atoms. The SMILES string of the molecule is CCC(C)(O)c1cnc(OC2CC2)c2cnc(Nc3ccc4c(n3)[C@@H](C)C(C)(C)OC4=O)cc12. The molecule has 0 bridgehead atoms. The largest absolute Gasteiger partial charge is 0.474 e. The number of nitrogens with zero attached hydrogens (tertiary/aromatic N) is 3. The van der Waals surface area contributed by atoms with Crippen LogP contribution in [0.1, 0.15) is 81.4 Å². The van der Waals surface area contributed by atoms with Crippen molar-refractivity contribution in [3.05, 3.63) is 47.4 Å². The van der Waals surface area contributed by atoms with Crippen LogP contribution in [0.2, 0.25) is 0 Å². The fraction of sp³-hybridized carbons (Fsp3) is 0.462. The second kappa shape index (κ2) is 7.91. The molecule has 4 heterocycles. The molecule has 2 atom stereocenters. The van der Waals surface area contributed by atoms with Crippen molar-refractivity contribution < 1.29 is 19.4 Å². The van der Waals surface area contributed by atoms with Crippen LogP contribution >= 0.6 is 0 Å². The van der Waals surface area contributed by atoms with Gasteiger partial charge in [-0.15, -0.1) is 0 Å². The van der Waals surface area contributed by atoms with E-state index in [2.05, 4.69) is 15.3 Å². The molecule has 5 rings (SSSR count). The van der Waals surface area contributed by atoms with Crippen molar-refractivity contribution in [2.45, 2.75) is 77.1 Å². The first kappa shape index (κ1) is 22.5. The third-order valence-electron chi connectivity index (χ3n) is 7.02. The van der Waals surface area contributed by atoms with Crippen molar-refractivity contribution in [1.82, 2.24) is 15.0 Å². The van der Waals surface area contributed by atoms with E-state index in [-0.39, 0.29) is 18.0 Å². The zero-order valence-electron chi connectivity index (χ0n) is 20.2. The summed E-state index contributed by atoms with van der Waals surface area (Å²) in [7, 11) is 0. The predicted octanol–water partition coefficient (Wildman–Crippen LogP) is 4.98. The lowest BCUT2D eigenvalue weighted by Gasteiger charge is -2.36. The standard InChI is InChI=1S/C26H30N4O4/c1-6-26(5,32)19-13-28-23(33-15-7-8-15)18-12-27-21(11-17(18)19)29-20-10-9-16-22(30-20)14(2)25(3,4)34-24(16)31/h9-15,32H,6-8H2,1-5H3,(H,27,29,30)/t14-,26?/m1/s1. The zero-order chi connectivity index (χ0) is 24.3. The van der Waals surface area contributed by atoms with Crippen LogP contribution < -0.4 is 10.1 Å². The van der Waals surface area contributed by atoms with Crippen molar-refractivity contribution in [2.24, 2.45) is 0 Å². The summed E-state index contributed by atoms with van der Waals surface area (Å²) >= 11 is 0. The maximum absolute atomic E-state index is 12.4. The highest BCUT2D eigenvalue weighted by Crippen LogP contribution is 2.39. The molecule has 0 spiro atoms. The van der Waals surface area contributed by atoms with Gasteiger partial charge in [0.1, 0.15) is 23.3 Å². The summed E-state index contributed by atoms with van der Waals surface area (Å²) in [5.74, 6) is 1.26. The van der Waals surface area contributed by atoms with Crippen molar-refractivity contribution in [2.75, 3.05) is 5.32 Å². The van der Waals surface area contributed by atoms with Gasteiger partial charge in [-0.2, -0.15) is 0 Å². The van der Waals surface area contributed by atoms with Crippen LogP contribution in [0.4, 0.5) is 11.6 Å².